The van der Waals surface area contributed by atoms with Crippen molar-refractivity contribution in [2.24, 2.45) is 0 Å². The summed E-state index contributed by atoms with van der Waals surface area (Å²) in [4.78, 5) is 0. The van der Waals surface area contributed by atoms with Crippen LogP contribution in [0.25, 0.3) is 0 Å². The molecule has 1 N–H and O–H groups in total. The molecule has 0 radical (unpaired) electrons. The highest BCUT2D eigenvalue weighted by Gasteiger charge is 2.18. The highest BCUT2D eigenvalue weighted by molar-refractivity contribution is 7.98. The topological polar surface area (TPSA) is 21.3 Å². The van der Waals surface area contributed by atoms with Crippen molar-refractivity contribution in [1.82, 2.24) is 5.32 Å². The van der Waals surface area contributed by atoms with Crippen LogP contribution in [0, 0.1) is 0 Å². The Hall–Kier alpha value is 0.270. The molecule has 1 aliphatic heterocycles. The van der Waals surface area contributed by atoms with Gasteiger partial charge in [0.15, 0.2) is 0 Å². The first-order valence-corrected chi connectivity index (χ1v) is 6.98. The van der Waals surface area contributed by atoms with Gasteiger partial charge in [0.1, 0.15) is 0 Å². The Labute approximate surface area is 92.2 Å². The Morgan fingerprint density at radius 3 is 2.79 bits per heavy atom. The normalized spacial score (nSPS) is 26.4. The van der Waals surface area contributed by atoms with Crippen LogP contribution < -0.4 is 5.32 Å². The minimum Gasteiger partial charge on any atom is -0.378 e. The SMILES string of the molecule is CSCC(C)NC(C)CC1CCCO1. The van der Waals surface area contributed by atoms with Crippen LogP contribution in [0.5, 0.6) is 0 Å². The molecule has 0 amide bonds. The van der Waals surface area contributed by atoms with Gasteiger partial charge < -0.3 is 10.1 Å². The van der Waals surface area contributed by atoms with Gasteiger partial charge >= 0.3 is 0 Å². The third-order valence-corrected chi connectivity index (χ3v) is 3.46. The van der Waals surface area contributed by atoms with E-state index in [-0.39, 0.29) is 0 Å². The molecule has 1 heterocycles. The summed E-state index contributed by atoms with van der Waals surface area (Å²) in [6.45, 7) is 5.48. The molecule has 3 atom stereocenters. The minimum atomic E-state index is 0.513. The van der Waals surface area contributed by atoms with E-state index in [2.05, 4.69) is 25.4 Å². The summed E-state index contributed by atoms with van der Waals surface area (Å²) in [5.41, 5.74) is 0. The number of nitrogens with one attached hydrogen (secondary N) is 1. The lowest BCUT2D eigenvalue weighted by Crippen LogP contribution is -2.38. The smallest absolute Gasteiger partial charge is 0.0590 e. The molecule has 84 valence electrons. The standard InChI is InChI=1S/C11H23NOS/c1-9(12-10(2)8-14-3)7-11-5-4-6-13-11/h9-12H,4-8H2,1-3H3. The van der Waals surface area contributed by atoms with E-state index >= 15 is 0 Å². The third-order valence-electron chi connectivity index (χ3n) is 2.63. The monoisotopic (exact) mass is 217 g/mol. The molecule has 0 aliphatic carbocycles. The lowest BCUT2D eigenvalue weighted by molar-refractivity contribution is 0.0955. The van der Waals surface area contributed by atoms with Crippen LogP contribution in [0.2, 0.25) is 0 Å². The molecule has 0 saturated carbocycles. The second-order valence-corrected chi connectivity index (χ2v) is 5.21. The van der Waals surface area contributed by atoms with Crippen LogP contribution in [-0.2, 0) is 4.74 Å². The molecule has 2 nitrogen and oxygen atoms in total. The van der Waals surface area contributed by atoms with Crippen molar-refractivity contribution >= 4 is 11.8 Å². The molecule has 0 spiro atoms. The second kappa shape index (κ2) is 6.70. The molecule has 0 aromatic heterocycles. The van der Waals surface area contributed by atoms with Gasteiger partial charge in [-0.15, -0.1) is 0 Å². The first kappa shape index (κ1) is 12.3. The molecular formula is C11H23NOS. The number of ether oxygens (including phenoxy) is 1. The van der Waals surface area contributed by atoms with Crippen molar-refractivity contribution in [2.75, 3.05) is 18.6 Å². The fourth-order valence-corrected chi connectivity index (χ4v) is 2.67. The Bertz CT molecular complexity index is 148. The Balaban J connectivity index is 2.10. The Morgan fingerprint density at radius 2 is 2.21 bits per heavy atom. The van der Waals surface area contributed by atoms with Gasteiger partial charge in [-0.05, 0) is 39.4 Å². The first-order chi connectivity index (χ1) is 6.72. The summed E-state index contributed by atoms with van der Waals surface area (Å²) < 4.78 is 5.62. The maximum atomic E-state index is 5.62. The lowest BCUT2D eigenvalue weighted by Gasteiger charge is -2.21. The molecule has 0 bridgehead atoms. The number of thioether (sulfide) groups is 1. The summed E-state index contributed by atoms with van der Waals surface area (Å²) >= 11 is 1.90. The van der Waals surface area contributed by atoms with Gasteiger partial charge in [-0.2, -0.15) is 11.8 Å². The predicted octanol–water partition coefficient (Wildman–Crippen LogP) is 2.29. The summed E-state index contributed by atoms with van der Waals surface area (Å²) in [6.07, 6.45) is 6.33. The van der Waals surface area contributed by atoms with Crippen molar-refractivity contribution in [2.45, 2.75) is 51.3 Å². The van der Waals surface area contributed by atoms with Gasteiger partial charge in [0.2, 0.25) is 0 Å². The van der Waals surface area contributed by atoms with Crippen molar-refractivity contribution in [3.05, 3.63) is 0 Å². The van der Waals surface area contributed by atoms with Crippen molar-refractivity contribution < 1.29 is 4.74 Å². The number of hydrogen-bond acceptors (Lipinski definition) is 3. The Morgan fingerprint density at radius 1 is 1.43 bits per heavy atom. The van der Waals surface area contributed by atoms with E-state index < -0.39 is 0 Å². The number of hydrogen-bond donors (Lipinski definition) is 1. The van der Waals surface area contributed by atoms with Crippen LogP contribution in [0.1, 0.15) is 33.1 Å². The summed E-state index contributed by atoms with van der Waals surface area (Å²) in [5.74, 6) is 1.19. The van der Waals surface area contributed by atoms with E-state index in [4.69, 9.17) is 4.74 Å². The molecule has 1 rings (SSSR count). The molecule has 3 heteroatoms. The molecule has 0 aromatic rings. The molecule has 0 aromatic carbocycles. The van der Waals surface area contributed by atoms with E-state index in [0.29, 0.717) is 18.2 Å². The fraction of sp³-hybridized carbons (Fsp3) is 1.00. The Kier molecular flexibility index (Phi) is 5.90. The maximum absolute atomic E-state index is 5.62. The molecule has 1 aliphatic rings. The molecule has 14 heavy (non-hydrogen) atoms. The van der Waals surface area contributed by atoms with E-state index in [0.717, 1.165) is 6.61 Å². The highest BCUT2D eigenvalue weighted by atomic mass is 32.2. The zero-order valence-electron chi connectivity index (χ0n) is 9.58. The van der Waals surface area contributed by atoms with Gasteiger partial charge in [0.25, 0.3) is 0 Å². The van der Waals surface area contributed by atoms with E-state index in [9.17, 15) is 0 Å². The van der Waals surface area contributed by atoms with Gasteiger partial charge in [-0.1, -0.05) is 0 Å². The van der Waals surface area contributed by atoms with Crippen LogP contribution in [-0.4, -0.2) is 36.8 Å². The van der Waals surface area contributed by atoms with Crippen LogP contribution in [0.3, 0.4) is 0 Å². The van der Waals surface area contributed by atoms with Gasteiger partial charge in [0, 0.05) is 24.4 Å². The molecule has 1 saturated heterocycles. The highest BCUT2D eigenvalue weighted by Crippen LogP contribution is 2.17. The zero-order valence-corrected chi connectivity index (χ0v) is 10.4. The van der Waals surface area contributed by atoms with E-state index in [1.54, 1.807) is 0 Å². The van der Waals surface area contributed by atoms with Crippen molar-refractivity contribution in [3.8, 4) is 0 Å². The minimum absolute atomic E-state index is 0.513. The van der Waals surface area contributed by atoms with Crippen LogP contribution >= 0.6 is 11.8 Å². The van der Waals surface area contributed by atoms with Crippen molar-refractivity contribution in [1.29, 1.82) is 0 Å². The first-order valence-electron chi connectivity index (χ1n) is 5.59. The third kappa shape index (κ3) is 4.67. The lowest BCUT2D eigenvalue weighted by atomic mass is 10.1. The number of rotatable bonds is 6. The van der Waals surface area contributed by atoms with E-state index in [1.807, 2.05) is 11.8 Å². The van der Waals surface area contributed by atoms with Gasteiger partial charge in [0.05, 0.1) is 6.10 Å². The van der Waals surface area contributed by atoms with Crippen molar-refractivity contribution in [3.63, 3.8) is 0 Å². The van der Waals surface area contributed by atoms with Crippen LogP contribution in [0.4, 0.5) is 0 Å². The van der Waals surface area contributed by atoms with Crippen LogP contribution in [0.15, 0.2) is 0 Å². The largest absolute Gasteiger partial charge is 0.378 e. The maximum Gasteiger partial charge on any atom is 0.0590 e. The average molecular weight is 217 g/mol. The second-order valence-electron chi connectivity index (χ2n) is 4.29. The summed E-state index contributed by atoms with van der Waals surface area (Å²) in [6, 6.07) is 1.20. The van der Waals surface area contributed by atoms with Gasteiger partial charge in [-0.3, -0.25) is 0 Å². The summed E-state index contributed by atoms with van der Waals surface area (Å²) in [5, 5.41) is 3.61. The molecule has 1 fully saturated rings. The zero-order chi connectivity index (χ0) is 10.4. The average Bonchev–Trinajstić information content (AvgIpc) is 2.56. The molecular weight excluding hydrogens is 194 g/mol. The van der Waals surface area contributed by atoms with Gasteiger partial charge in [-0.25, -0.2) is 0 Å². The van der Waals surface area contributed by atoms with E-state index in [1.165, 1.54) is 25.0 Å². The fourth-order valence-electron chi connectivity index (χ4n) is 2.08. The predicted molar refractivity (Wildman–Crippen MR) is 64.0 cm³/mol. The molecule has 3 unspecified atom stereocenters. The quantitative estimate of drug-likeness (QED) is 0.737. The summed E-state index contributed by atoms with van der Waals surface area (Å²) in [7, 11) is 0.